The van der Waals surface area contributed by atoms with Crippen molar-refractivity contribution in [2.45, 2.75) is 6.42 Å². The number of H-pyrrole nitrogens is 1. The van der Waals surface area contributed by atoms with Crippen LogP contribution in [0, 0.1) is 5.92 Å². The first-order valence-corrected chi connectivity index (χ1v) is 6.87. The molecule has 2 aromatic rings. The second-order valence-corrected chi connectivity index (χ2v) is 5.40. The van der Waals surface area contributed by atoms with Gasteiger partial charge in [-0.1, -0.05) is 23.7 Å². The molecule has 3 rings (SSSR count). The molecule has 1 aromatic carbocycles. The Hall–Kier alpha value is -1.85. The van der Waals surface area contributed by atoms with Gasteiger partial charge in [0.25, 0.3) is 0 Å². The molecule has 20 heavy (non-hydrogen) atoms. The molecule has 0 bridgehead atoms. The molecule has 0 spiro atoms. The van der Waals surface area contributed by atoms with Gasteiger partial charge in [0.1, 0.15) is 0 Å². The van der Waals surface area contributed by atoms with Crippen LogP contribution in [0.5, 0.6) is 0 Å². The number of hydrogen-bond acceptors (Lipinski definition) is 3. The maximum atomic E-state index is 11.9. The SMILES string of the molecule is NCC1CC(=O)N(c2cc(-c3cccc(Cl)c3)[nH]n2)C1. The van der Waals surface area contributed by atoms with Gasteiger partial charge in [-0.15, -0.1) is 0 Å². The van der Waals surface area contributed by atoms with Crippen LogP contribution in [0.2, 0.25) is 5.02 Å². The second-order valence-electron chi connectivity index (χ2n) is 4.96. The highest BCUT2D eigenvalue weighted by atomic mass is 35.5. The van der Waals surface area contributed by atoms with Crippen LogP contribution in [0.15, 0.2) is 30.3 Å². The Morgan fingerprint density at radius 3 is 3.00 bits per heavy atom. The maximum absolute atomic E-state index is 11.9. The standard InChI is InChI=1S/C14H15ClN4O/c15-11-3-1-2-10(5-11)12-6-13(18-17-12)19-8-9(7-16)4-14(19)20/h1-3,5-6,9H,4,7-8,16H2,(H,17,18). The first-order valence-electron chi connectivity index (χ1n) is 6.49. The molecule has 5 nitrogen and oxygen atoms in total. The van der Waals surface area contributed by atoms with Crippen LogP contribution in [0.1, 0.15) is 6.42 Å². The van der Waals surface area contributed by atoms with Gasteiger partial charge in [0, 0.05) is 29.6 Å². The normalized spacial score (nSPS) is 18.8. The van der Waals surface area contributed by atoms with Crippen LogP contribution < -0.4 is 10.6 Å². The summed E-state index contributed by atoms with van der Waals surface area (Å²) >= 11 is 5.98. The Bertz CT molecular complexity index is 640. The first kappa shape index (κ1) is 13.1. The molecule has 1 atom stereocenters. The second kappa shape index (κ2) is 5.26. The third-order valence-electron chi connectivity index (χ3n) is 3.51. The fourth-order valence-electron chi connectivity index (χ4n) is 2.41. The molecule has 3 N–H and O–H groups in total. The summed E-state index contributed by atoms with van der Waals surface area (Å²) in [6.07, 6.45) is 0.496. The summed E-state index contributed by atoms with van der Waals surface area (Å²) in [4.78, 5) is 13.6. The van der Waals surface area contributed by atoms with Gasteiger partial charge in [-0.3, -0.25) is 14.8 Å². The summed E-state index contributed by atoms with van der Waals surface area (Å²) in [7, 11) is 0. The minimum Gasteiger partial charge on any atom is -0.330 e. The van der Waals surface area contributed by atoms with Crippen molar-refractivity contribution in [2.75, 3.05) is 18.0 Å². The lowest BCUT2D eigenvalue weighted by Crippen LogP contribution is -2.26. The van der Waals surface area contributed by atoms with Gasteiger partial charge >= 0.3 is 0 Å². The molecule has 1 unspecified atom stereocenters. The van der Waals surface area contributed by atoms with Crippen LogP contribution in [-0.4, -0.2) is 29.2 Å². The van der Waals surface area contributed by atoms with Gasteiger partial charge in [-0.25, -0.2) is 0 Å². The largest absolute Gasteiger partial charge is 0.330 e. The van der Waals surface area contributed by atoms with Crippen LogP contribution in [0.3, 0.4) is 0 Å². The number of hydrogen-bond donors (Lipinski definition) is 2. The fourth-order valence-corrected chi connectivity index (χ4v) is 2.60. The van der Waals surface area contributed by atoms with Gasteiger partial charge < -0.3 is 5.73 Å². The number of nitrogens with one attached hydrogen (secondary N) is 1. The van der Waals surface area contributed by atoms with E-state index in [-0.39, 0.29) is 11.8 Å². The summed E-state index contributed by atoms with van der Waals surface area (Å²) < 4.78 is 0. The summed E-state index contributed by atoms with van der Waals surface area (Å²) in [5.74, 6) is 0.930. The van der Waals surface area contributed by atoms with Crippen molar-refractivity contribution >= 4 is 23.3 Å². The Labute approximate surface area is 121 Å². The Kier molecular flexibility index (Phi) is 3.46. The van der Waals surface area contributed by atoms with Gasteiger partial charge in [0.05, 0.1) is 5.69 Å². The molecule has 104 valence electrons. The highest BCUT2D eigenvalue weighted by Crippen LogP contribution is 2.27. The van der Waals surface area contributed by atoms with Crippen molar-refractivity contribution in [3.05, 3.63) is 35.4 Å². The minimum absolute atomic E-state index is 0.0737. The lowest BCUT2D eigenvalue weighted by molar-refractivity contribution is -0.117. The molecule has 1 saturated heterocycles. The predicted molar refractivity (Wildman–Crippen MR) is 78.5 cm³/mol. The number of benzene rings is 1. The molecular weight excluding hydrogens is 276 g/mol. The number of nitrogens with zero attached hydrogens (tertiary/aromatic N) is 2. The van der Waals surface area contributed by atoms with Crippen molar-refractivity contribution in [1.29, 1.82) is 0 Å². The molecule has 0 aliphatic carbocycles. The molecule has 2 heterocycles. The predicted octanol–water partition coefficient (Wildman–Crippen LogP) is 2.04. The number of halogens is 1. The molecule has 0 saturated carbocycles. The fraction of sp³-hybridized carbons (Fsp3) is 0.286. The minimum atomic E-state index is 0.0737. The molecular formula is C14H15ClN4O. The van der Waals surface area contributed by atoms with E-state index in [2.05, 4.69) is 10.2 Å². The zero-order valence-corrected chi connectivity index (χ0v) is 11.6. The Morgan fingerprint density at radius 2 is 2.30 bits per heavy atom. The number of rotatable bonds is 3. The molecule has 0 radical (unpaired) electrons. The van der Waals surface area contributed by atoms with Gasteiger partial charge in [0.15, 0.2) is 5.82 Å². The van der Waals surface area contributed by atoms with Crippen molar-refractivity contribution in [2.24, 2.45) is 11.7 Å². The maximum Gasteiger partial charge on any atom is 0.228 e. The van der Waals surface area contributed by atoms with Crippen LogP contribution in [0.4, 0.5) is 5.82 Å². The van der Waals surface area contributed by atoms with Crippen molar-refractivity contribution < 1.29 is 4.79 Å². The highest BCUT2D eigenvalue weighted by Gasteiger charge is 2.31. The first-order chi connectivity index (χ1) is 9.67. The molecule has 1 aliphatic heterocycles. The molecule has 1 amide bonds. The molecule has 6 heteroatoms. The number of anilines is 1. The third-order valence-corrected chi connectivity index (χ3v) is 3.75. The van der Waals surface area contributed by atoms with E-state index in [0.29, 0.717) is 30.4 Å². The number of nitrogens with two attached hydrogens (primary N) is 1. The number of carbonyl (C=O) groups is 1. The van der Waals surface area contributed by atoms with E-state index in [1.807, 2.05) is 30.3 Å². The summed E-state index contributed by atoms with van der Waals surface area (Å²) in [6.45, 7) is 1.16. The van der Waals surface area contributed by atoms with Crippen molar-refractivity contribution in [3.8, 4) is 11.3 Å². The van der Waals surface area contributed by atoms with E-state index in [1.54, 1.807) is 4.90 Å². The quantitative estimate of drug-likeness (QED) is 0.908. The van der Waals surface area contributed by atoms with Crippen molar-refractivity contribution in [3.63, 3.8) is 0 Å². The van der Waals surface area contributed by atoms with E-state index in [9.17, 15) is 4.79 Å². The molecule has 1 aliphatic rings. The number of aromatic nitrogens is 2. The lowest BCUT2D eigenvalue weighted by Gasteiger charge is -2.12. The summed E-state index contributed by atoms with van der Waals surface area (Å²) in [6, 6.07) is 9.36. The van der Waals surface area contributed by atoms with Crippen LogP contribution >= 0.6 is 11.6 Å². The Balaban J connectivity index is 1.86. The highest BCUT2D eigenvalue weighted by molar-refractivity contribution is 6.30. The van der Waals surface area contributed by atoms with Gasteiger partial charge in [-0.05, 0) is 24.6 Å². The third kappa shape index (κ3) is 2.42. The van der Waals surface area contributed by atoms with E-state index in [0.717, 1.165) is 11.3 Å². The summed E-state index contributed by atoms with van der Waals surface area (Å²) in [5, 5.41) is 7.83. The van der Waals surface area contributed by atoms with E-state index in [1.165, 1.54) is 0 Å². The van der Waals surface area contributed by atoms with Crippen molar-refractivity contribution in [1.82, 2.24) is 10.2 Å². The number of carbonyl (C=O) groups excluding carboxylic acids is 1. The van der Waals surface area contributed by atoms with E-state index in [4.69, 9.17) is 17.3 Å². The van der Waals surface area contributed by atoms with Gasteiger partial charge in [-0.2, -0.15) is 5.10 Å². The van der Waals surface area contributed by atoms with Gasteiger partial charge in [0.2, 0.25) is 5.91 Å². The number of amides is 1. The zero-order valence-electron chi connectivity index (χ0n) is 10.8. The summed E-state index contributed by atoms with van der Waals surface area (Å²) in [5.41, 5.74) is 7.41. The average molecular weight is 291 g/mol. The van der Waals surface area contributed by atoms with E-state index >= 15 is 0 Å². The smallest absolute Gasteiger partial charge is 0.228 e. The average Bonchev–Trinajstić information content (AvgIpc) is 3.05. The van der Waals surface area contributed by atoms with Crippen LogP contribution in [-0.2, 0) is 4.79 Å². The lowest BCUT2D eigenvalue weighted by atomic mass is 10.1. The Morgan fingerprint density at radius 1 is 1.45 bits per heavy atom. The number of aromatic amines is 1. The topological polar surface area (TPSA) is 75.0 Å². The monoisotopic (exact) mass is 290 g/mol. The zero-order chi connectivity index (χ0) is 14.1. The molecule has 1 fully saturated rings. The van der Waals surface area contributed by atoms with Crippen LogP contribution in [0.25, 0.3) is 11.3 Å². The molecule has 1 aromatic heterocycles. The van der Waals surface area contributed by atoms with E-state index < -0.39 is 0 Å².